The summed E-state index contributed by atoms with van der Waals surface area (Å²) in [6.45, 7) is 2.82. The van der Waals surface area contributed by atoms with Gasteiger partial charge in [-0.25, -0.2) is 0 Å². The van der Waals surface area contributed by atoms with Gasteiger partial charge in [-0.3, -0.25) is 9.78 Å². The van der Waals surface area contributed by atoms with Crippen LogP contribution >= 0.6 is 0 Å². The molecule has 98 valence electrons. The molecule has 1 atom stereocenters. The molecule has 0 aromatic carbocycles. The normalized spacial score (nSPS) is 16.3. The third kappa shape index (κ3) is 4.00. The quantitative estimate of drug-likeness (QED) is 0.750. The molecule has 1 heterocycles. The van der Waals surface area contributed by atoms with Crippen molar-refractivity contribution in [2.45, 2.75) is 32.4 Å². The summed E-state index contributed by atoms with van der Waals surface area (Å²) < 4.78 is 5.44. The highest BCUT2D eigenvalue weighted by Crippen LogP contribution is 2.19. The Morgan fingerprint density at radius 3 is 2.94 bits per heavy atom. The molecule has 0 saturated heterocycles. The van der Waals surface area contributed by atoms with Crippen molar-refractivity contribution in [2.75, 3.05) is 6.61 Å². The molecule has 0 bridgehead atoms. The monoisotopic (exact) mass is 249 g/mol. The molecular formula is C13H19N3O2. The van der Waals surface area contributed by atoms with Crippen molar-refractivity contribution in [1.29, 1.82) is 0 Å². The Morgan fingerprint density at radius 1 is 1.61 bits per heavy atom. The van der Waals surface area contributed by atoms with Gasteiger partial charge in [-0.05, 0) is 25.0 Å². The highest BCUT2D eigenvalue weighted by atomic mass is 16.5. The molecule has 0 radical (unpaired) electrons. The Balaban J connectivity index is 1.77. The summed E-state index contributed by atoms with van der Waals surface area (Å²) in [5, 5.41) is 3.39. The molecule has 1 amide bonds. The van der Waals surface area contributed by atoms with Crippen LogP contribution in [0.3, 0.4) is 0 Å². The van der Waals surface area contributed by atoms with Gasteiger partial charge in [-0.1, -0.05) is 6.92 Å². The van der Waals surface area contributed by atoms with E-state index in [1.807, 2.05) is 12.1 Å². The van der Waals surface area contributed by atoms with Crippen molar-refractivity contribution >= 4 is 5.91 Å². The molecule has 1 aromatic heterocycles. The van der Waals surface area contributed by atoms with E-state index >= 15 is 0 Å². The van der Waals surface area contributed by atoms with Gasteiger partial charge in [0.05, 0.1) is 24.4 Å². The van der Waals surface area contributed by atoms with Crippen molar-refractivity contribution in [3.05, 3.63) is 24.0 Å². The van der Waals surface area contributed by atoms with Gasteiger partial charge in [0.25, 0.3) is 0 Å². The summed E-state index contributed by atoms with van der Waals surface area (Å²) in [7, 11) is 0. The van der Waals surface area contributed by atoms with E-state index in [-0.39, 0.29) is 18.4 Å². The van der Waals surface area contributed by atoms with E-state index in [1.165, 1.54) is 12.8 Å². The van der Waals surface area contributed by atoms with Gasteiger partial charge in [0, 0.05) is 12.6 Å². The maximum absolute atomic E-state index is 10.8. The molecule has 1 fully saturated rings. The first kappa shape index (κ1) is 12.8. The van der Waals surface area contributed by atoms with Crippen molar-refractivity contribution in [2.24, 2.45) is 11.7 Å². The van der Waals surface area contributed by atoms with Crippen molar-refractivity contribution in [3.8, 4) is 5.75 Å². The van der Waals surface area contributed by atoms with Crippen molar-refractivity contribution in [3.63, 3.8) is 0 Å². The number of nitrogens with zero attached hydrogens (tertiary/aromatic N) is 1. The molecule has 3 N–H and O–H groups in total. The first-order valence-corrected chi connectivity index (χ1v) is 6.25. The average Bonchev–Trinajstić information content (AvgIpc) is 3.18. The maximum Gasteiger partial charge on any atom is 0.223 e. The number of hydrogen-bond donors (Lipinski definition) is 2. The van der Waals surface area contributed by atoms with Gasteiger partial charge in [-0.15, -0.1) is 0 Å². The lowest BCUT2D eigenvalue weighted by Crippen LogP contribution is -2.25. The predicted molar refractivity (Wildman–Crippen MR) is 68.0 cm³/mol. The minimum absolute atomic E-state index is 0.288. The molecule has 1 aromatic rings. The molecule has 2 rings (SSSR count). The maximum atomic E-state index is 10.8. The van der Waals surface area contributed by atoms with Gasteiger partial charge < -0.3 is 15.8 Å². The Labute approximate surface area is 107 Å². The third-order valence-electron chi connectivity index (χ3n) is 2.93. The van der Waals surface area contributed by atoms with E-state index in [1.54, 1.807) is 13.1 Å². The molecule has 0 aliphatic heterocycles. The summed E-state index contributed by atoms with van der Waals surface area (Å²) >= 11 is 0. The smallest absolute Gasteiger partial charge is 0.223 e. The van der Waals surface area contributed by atoms with E-state index in [0.717, 1.165) is 12.2 Å². The van der Waals surface area contributed by atoms with Crippen LogP contribution in [0.1, 0.15) is 25.5 Å². The largest absolute Gasteiger partial charge is 0.491 e. The number of nitrogens with one attached hydrogen (secondary N) is 1. The van der Waals surface area contributed by atoms with E-state index in [2.05, 4.69) is 10.3 Å². The van der Waals surface area contributed by atoms with Gasteiger partial charge in [0.2, 0.25) is 5.91 Å². The molecule has 18 heavy (non-hydrogen) atoms. The summed E-state index contributed by atoms with van der Waals surface area (Å²) in [5.74, 6) is 0.0210. The van der Waals surface area contributed by atoms with Crippen LogP contribution in [0.5, 0.6) is 5.75 Å². The topological polar surface area (TPSA) is 77.2 Å². The Hall–Kier alpha value is -1.62. The van der Waals surface area contributed by atoms with E-state index in [4.69, 9.17) is 10.5 Å². The Kier molecular flexibility index (Phi) is 4.15. The van der Waals surface area contributed by atoms with Crippen LogP contribution in [0.4, 0.5) is 0 Å². The molecule has 1 saturated carbocycles. The number of hydrogen-bond acceptors (Lipinski definition) is 4. The summed E-state index contributed by atoms with van der Waals surface area (Å²) in [6, 6.07) is 4.48. The van der Waals surface area contributed by atoms with E-state index in [0.29, 0.717) is 11.8 Å². The third-order valence-corrected chi connectivity index (χ3v) is 2.93. The van der Waals surface area contributed by atoms with Crippen LogP contribution in [0.25, 0.3) is 0 Å². The fourth-order valence-electron chi connectivity index (χ4n) is 1.44. The number of primary amides is 1. The van der Waals surface area contributed by atoms with Crippen molar-refractivity contribution in [1.82, 2.24) is 10.3 Å². The number of nitrogens with two attached hydrogens (primary N) is 1. The van der Waals surface area contributed by atoms with Gasteiger partial charge >= 0.3 is 0 Å². The summed E-state index contributed by atoms with van der Waals surface area (Å²) in [4.78, 5) is 15.1. The second kappa shape index (κ2) is 5.82. The second-order valence-electron chi connectivity index (χ2n) is 4.75. The zero-order valence-electron chi connectivity index (χ0n) is 10.6. The van der Waals surface area contributed by atoms with E-state index < -0.39 is 0 Å². The fraction of sp³-hybridized carbons (Fsp3) is 0.538. The minimum Gasteiger partial charge on any atom is -0.491 e. The highest BCUT2D eigenvalue weighted by Gasteiger charge is 2.20. The Morgan fingerprint density at radius 2 is 2.39 bits per heavy atom. The lowest BCUT2D eigenvalue weighted by molar-refractivity contribution is -0.122. The standard InChI is InChI=1S/C13H19N3O2/c1-9(13(14)17)8-18-12-5-4-11(16-7-12)6-15-10-2-3-10/h4-5,7,9-10,15H,2-3,6,8H2,1H3,(H2,14,17). The van der Waals surface area contributed by atoms with Crippen molar-refractivity contribution < 1.29 is 9.53 Å². The molecule has 5 nitrogen and oxygen atoms in total. The Bertz CT molecular complexity index is 401. The van der Waals surface area contributed by atoms with Gasteiger partial charge in [0.15, 0.2) is 0 Å². The van der Waals surface area contributed by atoms with Crippen LogP contribution < -0.4 is 15.8 Å². The first-order chi connectivity index (χ1) is 8.65. The average molecular weight is 249 g/mol. The molecule has 0 spiro atoms. The van der Waals surface area contributed by atoms with E-state index in [9.17, 15) is 4.79 Å². The number of carbonyl (C=O) groups is 1. The lowest BCUT2D eigenvalue weighted by Gasteiger charge is -2.10. The number of aromatic nitrogens is 1. The second-order valence-corrected chi connectivity index (χ2v) is 4.75. The number of carbonyl (C=O) groups excluding carboxylic acids is 1. The van der Waals surface area contributed by atoms with Gasteiger partial charge in [0.1, 0.15) is 5.75 Å². The molecule has 1 unspecified atom stereocenters. The molecule has 5 heteroatoms. The molecule has 1 aliphatic rings. The van der Waals surface area contributed by atoms with Crippen LogP contribution in [0.2, 0.25) is 0 Å². The highest BCUT2D eigenvalue weighted by molar-refractivity contribution is 5.76. The van der Waals surface area contributed by atoms with Gasteiger partial charge in [-0.2, -0.15) is 0 Å². The number of rotatable bonds is 7. The summed E-state index contributed by atoms with van der Waals surface area (Å²) in [5.41, 5.74) is 6.15. The minimum atomic E-state index is -0.354. The van der Waals surface area contributed by atoms with Crippen LogP contribution in [-0.4, -0.2) is 23.5 Å². The number of pyridine rings is 1. The fourth-order valence-corrected chi connectivity index (χ4v) is 1.44. The number of ether oxygens (including phenoxy) is 1. The predicted octanol–water partition coefficient (Wildman–Crippen LogP) is 0.834. The number of amides is 1. The zero-order chi connectivity index (χ0) is 13.0. The lowest BCUT2D eigenvalue weighted by atomic mass is 10.2. The molecule has 1 aliphatic carbocycles. The molecular weight excluding hydrogens is 230 g/mol. The van der Waals surface area contributed by atoms with Crippen LogP contribution in [0.15, 0.2) is 18.3 Å². The van der Waals surface area contributed by atoms with Crippen LogP contribution in [0, 0.1) is 5.92 Å². The zero-order valence-corrected chi connectivity index (χ0v) is 10.6. The SMILES string of the molecule is CC(COc1ccc(CNC2CC2)nc1)C(N)=O. The first-order valence-electron chi connectivity index (χ1n) is 6.25. The summed E-state index contributed by atoms with van der Waals surface area (Å²) in [6.07, 6.45) is 4.22. The van der Waals surface area contributed by atoms with Crippen LogP contribution in [-0.2, 0) is 11.3 Å².